The fraction of sp³-hybridized carbons (Fsp3) is 0.105. The van der Waals surface area contributed by atoms with Gasteiger partial charge in [0.2, 0.25) is 5.75 Å². The Morgan fingerprint density at radius 1 is 1.24 bits per heavy atom. The van der Waals surface area contributed by atoms with Crippen molar-refractivity contribution >= 4 is 39.4 Å². The van der Waals surface area contributed by atoms with Crippen molar-refractivity contribution in [1.82, 2.24) is 4.98 Å². The number of ether oxygens (including phenoxy) is 1. The number of nitrogens with zero attached hydrogens (tertiary/aromatic N) is 3. The molecule has 0 aliphatic carbocycles. The molecule has 0 unspecified atom stereocenters. The standard InChI is InChI=1S/C19H12FN3O5S/c20-11-2-6-17(16(8-11)23(26)27)28-12-3-5-13-10(7-12)1-4-14(21-13)18-22-15(9-29-18)19(24)25/h1-8,15H,9H2,(H,24,25)/t15-/m1/s1. The number of nitro benzene ring substituents is 1. The Labute approximate surface area is 167 Å². The number of hydrogen-bond donors (Lipinski definition) is 1. The van der Waals surface area contributed by atoms with Crippen LogP contribution in [0.3, 0.4) is 0 Å². The second kappa shape index (κ2) is 7.47. The number of rotatable bonds is 5. The van der Waals surface area contributed by atoms with Gasteiger partial charge in [0, 0.05) is 11.1 Å². The number of hydrogen-bond acceptors (Lipinski definition) is 7. The van der Waals surface area contributed by atoms with Gasteiger partial charge < -0.3 is 9.84 Å². The van der Waals surface area contributed by atoms with Gasteiger partial charge in [-0.25, -0.2) is 14.2 Å². The van der Waals surface area contributed by atoms with Gasteiger partial charge >= 0.3 is 11.7 Å². The zero-order chi connectivity index (χ0) is 20.5. The van der Waals surface area contributed by atoms with Crippen LogP contribution in [0.4, 0.5) is 10.1 Å². The Balaban J connectivity index is 1.62. The molecule has 2 aromatic carbocycles. The van der Waals surface area contributed by atoms with Gasteiger partial charge in [0.25, 0.3) is 0 Å². The van der Waals surface area contributed by atoms with Crippen LogP contribution in [-0.2, 0) is 4.79 Å². The van der Waals surface area contributed by atoms with Crippen molar-refractivity contribution in [2.75, 3.05) is 5.75 Å². The second-order valence-corrected chi connectivity index (χ2v) is 7.13. The van der Waals surface area contributed by atoms with E-state index in [1.165, 1.54) is 17.8 Å². The Bertz CT molecular complexity index is 1180. The van der Waals surface area contributed by atoms with Crippen molar-refractivity contribution in [1.29, 1.82) is 0 Å². The fourth-order valence-electron chi connectivity index (χ4n) is 2.77. The van der Waals surface area contributed by atoms with E-state index in [4.69, 9.17) is 9.84 Å². The number of benzene rings is 2. The topological polar surface area (TPSA) is 115 Å². The molecule has 1 atom stereocenters. The molecule has 0 bridgehead atoms. The first-order chi connectivity index (χ1) is 13.9. The van der Waals surface area contributed by atoms with Crippen LogP contribution in [0.15, 0.2) is 53.5 Å². The lowest BCUT2D eigenvalue weighted by atomic mass is 10.2. The summed E-state index contributed by atoms with van der Waals surface area (Å²) in [4.78, 5) is 30.1. The quantitative estimate of drug-likeness (QED) is 0.496. The smallest absolute Gasteiger partial charge is 0.329 e. The predicted molar refractivity (Wildman–Crippen MR) is 105 cm³/mol. The van der Waals surface area contributed by atoms with Crippen molar-refractivity contribution in [2.24, 2.45) is 4.99 Å². The number of aliphatic imine (C=N–C) groups is 1. The second-order valence-electron chi connectivity index (χ2n) is 6.12. The summed E-state index contributed by atoms with van der Waals surface area (Å²) < 4.78 is 18.9. The molecule has 29 heavy (non-hydrogen) atoms. The molecule has 1 aromatic heterocycles. The van der Waals surface area contributed by atoms with Crippen molar-refractivity contribution in [3.05, 3.63) is 70.2 Å². The molecule has 0 saturated heterocycles. The van der Waals surface area contributed by atoms with Crippen molar-refractivity contribution < 1.29 is 24.0 Å². The number of halogens is 1. The third-order valence-electron chi connectivity index (χ3n) is 4.16. The molecule has 1 aliphatic heterocycles. The molecule has 1 aliphatic rings. The van der Waals surface area contributed by atoms with Crippen LogP contribution in [0.2, 0.25) is 0 Å². The van der Waals surface area contributed by atoms with E-state index in [0.29, 0.717) is 27.8 Å². The Morgan fingerprint density at radius 3 is 2.79 bits per heavy atom. The first-order valence-corrected chi connectivity index (χ1v) is 9.35. The number of carboxylic acid groups (broad SMARTS) is 1. The third-order valence-corrected chi connectivity index (χ3v) is 5.23. The molecular formula is C19H12FN3O5S. The lowest BCUT2D eigenvalue weighted by Gasteiger charge is -2.08. The largest absolute Gasteiger partial charge is 0.480 e. The number of pyridine rings is 1. The summed E-state index contributed by atoms with van der Waals surface area (Å²) in [5, 5.41) is 21.4. The van der Waals surface area contributed by atoms with Gasteiger partial charge in [-0.3, -0.25) is 15.1 Å². The van der Waals surface area contributed by atoms with Crippen LogP contribution in [-0.4, -0.2) is 37.8 Å². The number of aliphatic carboxylic acids is 1. The maximum absolute atomic E-state index is 13.3. The zero-order valence-electron chi connectivity index (χ0n) is 14.6. The highest BCUT2D eigenvalue weighted by Gasteiger charge is 2.26. The molecule has 0 fully saturated rings. The van der Waals surface area contributed by atoms with Crippen LogP contribution in [0, 0.1) is 15.9 Å². The normalized spacial score (nSPS) is 15.9. The average Bonchev–Trinajstić information content (AvgIpc) is 3.19. The summed E-state index contributed by atoms with van der Waals surface area (Å²) in [5.41, 5.74) is 0.738. The minimum atomic E-state index is -0.968. The Kier molecular flexibility index (Phi) is 4.85. The summed E-state index contributed by atoms with van der Waals surface area (Å²) in [7, 11) is 0. The van der Waals surface area contributed by atoms with Crippen molar-refractivity contribution in [2.45, 2.75) is 6.04 Å². The van der Waals surface area contributed by atoms with Gasteiger partial charge in [-0.1, -0.05) is 6.07 Å². The number of fused-ring (bicyclic) bond motifs is 1. The summed E-state index contributed by atoms with van der Waals surface area (Å²) in [6, 6.07) is 10.7. The van der Waals surface area contributed by atoms with Crippen LogP contribution in [0.5, 0.6) is 11.5 Å². The van der Waals surface area contributed by atoms with Gasteiger partial charge in [-0.15, -0.1) is 11.8 Å². The fourth-order valence-corrected chi connectivity index (χ4v) is 3.77. The lowest BCUT2D eigenvalue weighted by molar-refractivity contribution is -0.385. The molecule has 0 spiro atoms. The van der Waals surface area contributed by atoms with E-state index in [9.17, 15) is 19.3 Å². The van der Waals surface area contributed by atoms with Gasteiger partial charge in [-0.05, 0) is 36.4 Å². The Morgan fingerprint density at radius 2 is 2.07 bits per heavy atom. The van der Waals surface area contributed by atoms with E-state index in [1.807, 2.05) is 0 Å². The first-order valence-electron chi connectivity index (χ1n) is 8.37. The minimum Gasteiger partial charge on any atom is -0.480 e. The van der Waals surface area contributed by atoms with Crippen LogP contribution >= 0.6 is 11.8 Å². The summed E-state index contributed by atoms with van der Waals surface area (Å²) in [5.74, 6) is -1.06. The van der Waals surface area contributed by atoms with Gasteiger partial charge in [0.1, 0.15) is 16.6 Å². The zero-order valence-corrected chi connectivity index (χ0v) is 15.4. The van der Waals surface area contributed by atoms with E-state index >= 15 is 0 Å². The molecule has 4 rings (SSSR count). The average molecular weight is 413 g/mol. The van der Waals surface area contributed by atoms with Gasteiger partial charge in [0.15, 0.2) is 6.04 Å². The van der Waals surface area contributed by atoms with Gasteiger partial charge in [-0.2, -0.15) is 0 Å². The van der Waals surface area contributed by atoms with E-state index in [0.717, 1.165) is 17.5 Å². The molecule has 1 N–H and O–H groups in total. The third kappa shape index (κ3) is 3.87. The summed E-state index contributed by atoms with van der Waals surface area (Å²) in [6.07, 6.45) is 0. The maximum atomic E-state index is 13.3. The molecule has 8 nitrogen and oxygen atoms in total. The monoisotopic (exact) mass is 413 g/mol. The number of nitro groups is 1. The molecule has 10 heteroatoms. The van der Waals surface area contributed by atoms with Crippen LogP contribution in [0.25, 0.3) is 10.9 Å². The number of thioether (sulfide) groups is 1. The molecule has 3 aromatic rings. The first kappa shape index (κ1) is 18.8. The van der Waals surface area contributed by atoms with E-state index in [1.54, 1.807) is 30.3 Å². The van der Waals surface area contributed by atoms with Crippen LogP contribution in [0.1, 0.15) is 5.69 Å². The van der Waals surface area contributed by atoms with E-state index in [2.05, 4.69) is 9.98 Å². The minimum absolute atomic E-state index is 0.0725. The number of aromatic nitrogens is 1. The molecule has 146 valence electrons. The predicted octanol–water partition coefficient (Wildman–Crippen LogP) is 4.02. The van der Waals surface area contributed by atoms with Crippen molar-refractivity contribution in [3.63, 3.8) is 0 Å². The molecule has 2 heterocycles. The highest BCUT2D eigenvalue weighted by molar-refractivity contribution is 8.14. The highest BCUT2D eigenvalue weighted by Crippen LogP contribution is 2.33. The summed E-state index contributed by atoms with van der Waals surface area (Å²) in [6.45, 7) is 0. The highest BCUT2D eigenvalue weighted by atomic mass is 32.2. The van der Waals surface area contributed by atoms with Crippen LogP contribution < -0.4 is 4.74 Å². The van der Waals surface area contributed by atoms with Crippen molar-refractivity contribution in [3.8, 4) is 11.5 Å². The number of carbonyl (C=O) groups is 1. The van der Waals surface area contributed by atoms with Gasteiger partial charge in [0.05, 0.1) is 22.2 Å². The maximum Gasteiger partial charge on any atom is 0.329 e. The molecular weight excluding hydrogens is 401 g/mol. The van der Waals surface area contributed by atoms with E-state index < -0.39 is 28.4 Å². The number of carboxylic acids is 1. The van der Waals surface area contributed by atoms with E-state index in [-0.39, 0.29) is 5.75 Å². The lowest BCUT2D eigenvalue weighted by Crippen LogP contribution is -2.17. The SMILES string of the molecule is O=C(O)[C@H]1CSC(c2ccc3cc(Oc4ccc(F)cc4[N+](=O)[O-])ccc3n2)=N1. The molecule has 0 radical (unpaired) electrons. The molecule has 0 amide bonds. The molecule has 0 saturated carbocycles. The Hall–Kier alpha value is -3.53. The summed E-state index contributed by atoms with van der Waals surface area (Å²) >= 11 is 1.34.